The summed E-state index contributed by atoms with van der Waals surface area (Å²) in [5.41, 5.74) is 1.70. The Balaban J connectivity index is 1.67. The molecule has 0 fully saturated rings. The number of esters is 1. The number of hydrogen-bond acceptors (Lipinski definition) is 5. The van der Waals surface area contributed by atoms with Crippen molar-refractivity contribution in [1.82, 2.24) is 19.6 Å². The summed E-state index contributed by atoms with van der Waals surface area (Å²) < 4.78 is 44.9. The van der Waals surface area contributed by atoms with Crippen LogP contribution in [0.1, 0.15) is 48.5 Å². The minimum atomic E-state index is -4.63. The van der Waals surface area contributed by atoms with Crippen LogP contribution in [0.15, 0.2) is 12.2 Å². The van der Waals surface area contributed by atoms with E-state index in [-0.39, 0.29) is 18.2 Å². The molecule has 1 atom stereocenters. The van der Waals surface area contributed by atoms with Gasteiger partial charge < -0.3 is 4.74 Å². The molecule has 9 heteroatoms. The Hall–Kier alpha value is -2.45. The highest BCUT2D eigenvalue weighted by Gasteiger charge is 2.37. The predicted molar refractivity (Wildman–Crippen MR) is 91.0 cm³/mol. The summed E-state index contributed by atoms with van der Waals surface area (Å²) in [4.78, 5) is 19.6. The number of nitrogens with zero attached hydrogens (tertiary/aromatic N) is 4. The van der Waals surface area contributed by atoms with Gasteiger partial charge in [-0.15, -0.1) is 5.10 Å². The van der Waals surface area contributed by atoms with Crippen molar-refractivity contribution in [3.05, 3.63) is 34.9 Å². The third-order valence-corrected chi connectivity index (χ3v) is 4.74. The van der Waals surface area contributed by atoms with Crippen LogP contribution in [0.4, 0.5) is 13.2 Å². The van der Waals surface area contributed by atoms with Crippen LogP contribution in [-0.2, 0) is 22.1 Å². The van der Waals surface area contributed by atoms with E-state index in [1.54, 1.807) is 13.8 Å². The molecular weight excluding hydrogens is 361 g/mol. The van der Waals surface area contributed by atoms with Gasteiger partial charge in [0.05, 0.1) is 6.61 Å². The number of allylic oxidation sites excluding steroid dienone is 2. The highest BCUT2D eigenvalue weighted by molar-refractivity contribution is 5.69. The molecule has 1 aliphatic rings. The van der Waals surface area contributed by atoms with Crippen LogP contribution in [0.3, 0.4) is 0 Å². The van der Waals surface area contributed by atoms with Crippen LogP contribution in [0.25, 0.3) is 5.78 Å². The molecule has 1 unspecified atom stereocenters. The van der Waals surface area contributed by atoms with Gasteiger partial charge >= 0.3 is 12.1 Å². The maximum Gasteiger partial charge on any atom is 0.453 e. The molecule has 2 aromatic rings. The molecule has 27 heavy (non-hydrogen) atoms. The number of carbonyl (C=O) groups is 1. The second-order valence-electron chi connectivity index (χ2n) is 6.74. The van der Waals surface area contributed by atoms with Crippen molar-refractivity contribution in [3.63, 3.8) is 0 Å². The van der Waals surface area contributed by atoms with Gasteiger partial charge in [-0.1, -0.05) is 12.2 Å². The van der Waals surface area contributed by atoms with Gasteiger partial charge in [0.1, 0.15) is 0 Å². The molecule has 0 amide bonds. The van der Waals surface area contributed by atoms with Gasteiger partial charge in [0.2, 0.25) is 0 Å². The SMILES string of the molecule is Cc1nc2nc(C(F)(F)F)nn2c(C)c1CCC(=O)OCC1CC=CCC1. The summed E-state index contributed by atoms with van der Waals surface area (Å²) in [6.45, 7) is 3.73. The molecule has 0 bridgehead atoms. The van der Waals surface area contributed by atoms with Gasteiger partial charge in [-0.25, -0.2) is 9.50 Å². The molecule has 2 heterocycles. The van der Waals surface area contributed by atoms with Crippen LogP contribution in [0.2, 0.25) is 0 Å². The fourth-order valence-electron chi connectivity index (χ4n) is 3.21. The minimum Gasteiger partial charge on any atom is -0.465 e. The molecule has 6 nitrogen and oxygen atoms in total. The molecule has 3 rings (SSSR count). The number of aryl methyl sites for hydroxylation is 2. The number of rotatable bonds is 5. The van der Waals surface area contributed by atoms with E-state index in [1.165, 1.54) is 0 Å². The molecular formula is C18H21F3N4O2. The topological polar surface area (TPSA) is 69.4 Å². The van der Waals surface area contributed by atoms with Gasteiger partial charge in [0.25, 0.3) is 11.6 Å². The third-order valence-electron chi connectivity index (χ3n) is 4.74. The summed E-state index contributed by atoms with van der Waals surface area (Å²) in [5.74, 6) is -1.29. The Bertz CT molecular complexity index is 874. The van der Waals surface area contributed by atoms with Crippen molar-refractivity contribution >= 4 is 11.7 Å². The molecule has 0 radical (unpaired) electrons. The summed E-state index contributed by atoms with van der Waals surface area (Å²) in [6.07, 6.45) is 2.99. The van der Waals surface area contributed by atoms with Crippen LogP contribution in [0.5, 0.6) is 0 Å². The number of carbonyl (C=O) groups excluding carboxylic acids is 1. The van der Waals surface area contributed by atoms with Crippen molar-refractivity contribution < 1.29 is 22.7 Å². The smallest absolute Gasteiger partial charge is 0.453 e. The maximum atomic E-state index is 12.8. The normalized spacial score (nSPS) is 17.4. The standard InChI is InChI=1S/C18H21F3N4O2/c1-11-14(8-9-15(26)27-10-13-6-4-3-5-7-13)12(2)25-17(22-11)23-16(24-25)18(19,20)21/h3-4,13H,5-10H2,1-2H3. The van der Waals surface area contributed by atoms with E-state index in [1.807, 2.05) is 0 Å². The van der Waals surface area contributed by atoms with Gasteiger partial charge in [-0.05, 0) is 51.0 Å². The van der Waals surface area contributed by atoms with Crippen LogP contribution < -0.4 is 0 Å². The minimum absolute atomic E-state index is 0.103. The first kappa shape index (κ1) is 19.3. The first-order chi connectivity index (χ1) is 12.8. The maximum absolute atomic E-state index is 12.8. The number of alkyl halides is 3. The summed E-state index contributed by atoms with van der Waals surface area (Å²) in [7, 11) is 0. The molecule has 0 aliphatic heterocycles. The number of fused-ring (bicyclic) bond motifs is 1. The molecule has 0 saturated heterocycles. The van der Waals surface area contributed by atoms with Gasteiger partial charge in [0, 0.05) is 17.8 Å². The predicted octanol–water partition coefficient (Wildman–Crippen LogP) is 3.59. The fourth-order valence-corrected chi connectivity index (χ4v) is 3.21. The second-order valence-corrected chi connectivity index (χ2v) is 6.74. The quantitative estimate of drug-likeness (QED) is 0.584. The average molecular weight is 382 g/mol. The zero-order chi connectivity index (χ0) is 19.6. The van der Waals surface area contributed by atoms with E-state index < -0.39 is 12.0 Å². The Morgan fingerprint density at radius 3 is 2.74 bits per heavy atom. The lowest BCUT2D eigenvalue weighted by Crippen LogP contribution is -2.16. The molecule has 0 spiro atoms. The van der Waals surface area contributed by atoms with E-state index in [0.29, 0.717) is 35.9 Å². The highest BCUT2D eigenvalue weighted by atomic mass is 19.4. The van der Waals surface area contributed by atoms with Crippen molar-refractivity contribution in [1.29, 1.82) is 0 Å². The lowest BCUT2D eigenvalue weighted by Gasteiger charge is -2.17. The van der Waals surface area contributed by atoms with Gasteiger partial charge in [-0.3, -0.25) is 4.79 Å². The molecule has 1 aliphatic carbocycles. The molecule has 0 saturated carbocycles. The Morgan fingerprint density at radius 1 is 1.30 bits per heavy atom. The number of ether oxygens (including phenoxy) is 1. The Kier molecular flexibility index (Phi) is 5.48. The van der Waals surface area contributed by atoms with Gasteiger partial charge in [0.15, 0.2) is 0 Å². The highest BCUT2D eigenvalue weighted by Crippen LogP contribution is 2.27. The van der Waals surface area contributed by atoms with Crippen molar-refractivity contribution in [2.24, 2.45) is 5.92 Å². The summed E-state index contributed by atoms with van der Waals surface area (Å²) in [5, 5.41) is 3.51. The van der Waals surface area contributed by atoms with E-state index in [4.69, 9.17) is 4.74 Å². The summed E-state index contributed by atoms with van der Waals surface area (Å²) >= 11 is 0. The summed E-state index contributed by atoms with van der Waals surface area (Å²) in [6, 6.07) is 0. The van der Waals surface area contributed by atoms with E-state index in [9.17, 15) is 18.0 Å². The monoisotopic (exact) mass is 382 g/mol. The first-order valence-corrected chi connectivity index (χ1v) is 8.86. The molecule has 2 aromatic heterocycles. The number of aromatic nitrogens is 4. The van der Waals surface area contributed by atoms with Crippen LogP contribution in [0, 0.1) is 19.8 Å². The van der Waals surface area contributed by atoms with E-state index in [2.05, 4.69) is 27.2 Å². The molecule has 0 N–H and O–H groups in total. The lowest BCUT2D eigenvalue weighted by atomic mass is 9.95. The number of halogens is 3. The lowest BCUT2D eigenvalue weighted by molar-refractivity contribution is -0.145. The van der Waals surface area contributed by atoms with E-state index >= 15 is 0 Å². The van der Waals surface area contributed by atoms with E-state index in [0.717, 1.165) is 23.8 Å². The van der Waals surface area contributed by atoms with Crippen LogP contribution in [-0.4, -0.2) is 32.2 Å². The van der Waals surface area contributed by atoms with Crippen molar-refractivity contribution in [3.8, 4) is 0 Å². The Morgan fingerprint density at radius 2 is 2.07 bits per heavy atom. The van der Waals surface area contributed by atoms with Crippen molar-refractivity contribution in [2.75, 3.05) is 6.61 Å². The zero-order valence-electron chi connectivity index (χ0n) is 15.2. The molecule has 0 aromatic carbocycles. The van der Waals surface area contributed by atoms with Gasteiger partial charge in [-0.2, -0.15) is 18.2 Å². The third kappa shape index (κ3) is 4.45. The average Bonchev–Trinajstić information content (AvgIpc) is 3.05. The first-order valence-electron chi connectivity index (χ1n) is 8.86. The largest absolute Gasteiger partial charge is 0.465 e. The fraction of sp³-hybridized carbons (Fsp3) is 0.556. The Labute approximate surface area is 154 Å². The zero-order valence-corrected chi connectivity index (χ0v) is 15.2. The number of hydrogen-bond donors (Lipinski definition) is 0. The van der Waals surface area contributed by atoms with Crippen LogP contribution >= 0.6 is 0 Å². The van der Waals surface area contributed by atoms with Crippen molar-refractivity contribution in [2.45, 2.75) is 52.1 Å². The second kappa shape index (κ2) is 7.66. The molecule has 146 valence electrons.